The number of alkyl halides is 1. The Bertz CT molecular complexity index is 92.7. The minimum atomic E-state index is -0.454. The SMILES string of the molecule is FC1C2CCNCC12. The maximum Gasteiger partial charge on any atom is 0.108 e. The zero-order valence-electron chi connectivity index (χ0n) is 4.73. The lowest BCUT2D eigenvalue weighted by Crippen LogP contribution is -2.23. The number of nitrogens with one attached hydrogen (secondary N) is 1. The summed E-state index contributed by atoms with van der Waals surface area (Å²) in [7, 11) is 0. The normalized spacial score (nSPS) is 52.9. The van der Waals surface area contributed by atoms with Crippen LogP contribution in [0.3, 0.4) is 0 Å². The zero-order chi connectivity index (χ0) is 5.56. The van der Waals surface area contributed by atoms with Gasteiger partial charge in [0.2, 0.25) is 0 Å². The number of halogens is 1. The lowest BCUT2D eigenvalue weighted by Gasteiger charge is -2.07. The first-order chi connectivity index (χ1) is 3.89. The highest BCUT2D eigenvalue weighted by Gasteiger charge is 2.51. The molecule has 1 aliphatic heterocycles. The quantitative estimate of drug-likeness (QED) is 0.486. The Hall–Kier alpha value is -0.110. The molecule has 1 saturated carbocycles. The number of hydrogen-bond donors (Lipinski definition) is 1. The van der Waals surface area contributed by atoms with E-state index in [2.05, 4.69) is 5.32 Å². The first-order valence-electron chi connectivity index (χ1n) is 3.24. The molecule has 8 heavy (non-hydrogen) atoms. The van der Waals surface area contributed by atoms with Crippen LogP contribution in [0.25, 0.3) is 0 Å². The third kappa shape index (κ3) is 0.494. The van der Waals surface area contributed by atoms with Gasteiger partial charge in [-0.3, -0.25) is 0 Å². The van der Waals surface area contributed by atoms with Gasteiger partial charge in [0.05, 0.1) is 0 Å². The standard InChI is InChI=1S/C6H10FN/c7-6-4-1-2-8-3-5(4)6/h4-6,8H,1-3H2. The molecule has 1 nitrogen and oxygen atoms in total. The van der Waals surface area contributed by atoms with Gasteiger partial charge >= 0.3 is 0 Å². The van der Waals surface area contributed by atoms with Crippen molar-refractivity contribution in [3.8, 4) is 0 Å². The number of hydrogen-bond acceptors (Lipinski definition) is 1. The van der Waals surface area contributed by atoms with Gasteiger partial charge < -0.3 is 5.32 Å². The highest BCUT2D eigenvalue weighted by molar-refractivity contribution is 5.01. The molecule has 1 heterocycles. The van der Waals surface area contributed by atoms with Crippen LogP contribution in [0.4, 0.5) is 4.39 Å². The van der Waals surface area contributed by atoms with Gasteiger partial charge in [-0.15, -0.1) is 0 Å². The lowest BCUT2D eigenvalue weighted by molar-refractivity contribution is 0.435. The van der Waals surface area contributed by atoms with Crippen molar-refractivity contribution < 1.29 is 4.39 Å². The molecule has 0 aromatic rings. The van der Waals surface area contributed by atoms with Crippen LogP contribution < -0.4 is 5.32 Å². The molecule has 1 saturated heterocycles. The van der Waals surface area contributed by atoms with E-state index >= 15 is 0 Å². The fourth-order valence-electron chi connectivity index (χ4n) is 1.57. The molecule has 0 bridgehead atoms. The van der Waals surface area contributed by atoms with Crippen molar-refractivity contribution in [3.63, 3.8) is 0 Å². The van der Waals surface area contributed by atoms with Crippen LogP contribution in [0, 0.1) is 11.8 Å². The summed E-state index contributed by atoms with van der Waals surface area (Å²) < 4.78 is 12.4. The van der Waals surface area contributed by atoms with E-state index in [9.17, 15) is 4.39 Å². The lowest BCUT2D eigenvalue weighted by atomic mass is 10.2. The molecular weight excluding hydrogens is 105 g/mol. The van der Waals surface area contributed by atoms with Gasteiger partial charge in [0, 0.05) is 12.5 Å². The van der Waals surface area contributed by atoms with Crippen molar-refractivity contribution in [3.05, 3.63) is 0 Å². The van der Waals surface area contributed by atoms with Crippen molar-refractivity contribution in [2.24, 2.45) is 11.8 Å². The van der Waals surface area contributed by atoms with E-state index in [1.807, 2.05) is 0 Å². The maximum absolute atomic E-state index is 12.4. The smallest absolute Gasteiger partial charge is 0.108 e. The van der Waals surface area contributed by atoms with Crippen molar-refractivity contribution >= 4 is 0 Å². The monoisotopic (exact) mass is 115 g/mol. The predicted molar refractivity (Wildman–Crippen MR) is 29.4 cm³/mol. The van der Waals surface area contributed by atoms with E-state index in [1.165, 1.54) is 0 Å². The van der Waals surface area contributed by atoms with Crippen molar-refractivity contribution in [2.45, 2.75) is 12.6 Å². The van der Waals surface area contributed by atoms with Crippen LogP contribution in [0.5, 0.6) is 0 Å². The van der Waals surface area contributed by atoms with E-state index in [-0.39, 0.29) is 0 Å². The predicted octanol–water partition coefficient (Wildman–Crippen LogP) is 0.564. The van der Waals surface area contributed by atoms with Crippen molar-refractivity contribution in [1.82, 2.24) is 5.32 Å². The fourth-order valence-corrected chi connectivity index (χ4v) is 1.57. The average Bonchev–Trinajstić information content (AvgIpc) is 2.46. The molecule has 0 spiro atoms. The minimum Gasteiger partial charge on any atom is -0.316 e. The Morgan fingerprint density at radius 3 is 2.75 bits per heavy atom. The highest BCUT2D eigenvalue weighted by Crippen LogP contribution is 2.45. The van der Waals surface area contributed by atoms with Gasteiger partial charge in [0.1, 0.15) is 6.17 Å². The number of fused-ring (bicyclic) bond motifs is 1. The van der Waals surface area contributed by atoms with Crippen LogP contribution in [0.15, 0.2) is 0 Å². The molecule has 46 valence electrons. The molecule has 2 fully saturated rings. The van der Waals surface area contributed by atoms with Gasteiger partial charge in [-0.1, -0.05) is 0 Å². The summed E-state index contributed by atoms with van der Waals surface area (Å²) in [5.41, 5.74) is 0. The molecule has 3 unspecified atom stereocenters. The topological polar surface area (TPSA) is 12.0 Å². The van der Waals surface area contributed by atoms with Gasteiger partial charge in [0.25, 0.3) is 0 Å². The van der Waals surface area contributed by atoms with E-state index in [0.717, 1.165) is 19.5 Å². The molecule has 1 N–H and O–H groups in total. The molecule has 0 aromatic heterocycles. The van der Waals surface area contributed by atoms with Crippen LogP contribution in [-0.4, -0.2) is 19.3 Å². The molecule has 0 aromatic carbocycles. The van der Waals surface area contributed by atoms with Gasteiger partial charge in [0.15, 0.2) is 0 Å². The average molecular weight is 115 g/mol. The van der Waals surface area contributed by atoms with Crippen LogP contribution in [-0.2, 0) is 0 Å². The van der Waals surface area contributed by atoms with Crippen molar-refractivity contribution in [2.75, 3.05) is 13.1 Å². The number of rotatable bonds is 0. The summed E-state index contributed by atoms with van der Waals surface area (Å²) in [6, 6.07) is 0. The maximum atomic E-state index is 12.4. The second-order valence-corrected chi connectivity index (χ2v) is 2.76. The van der Waals surface area contributed by atoms with Crippen molar-refractivity contribution in [1.29, 1.82) is 0 Å². The summed E-state index contributed by atoms with van der Waals surface area (Å²) in [4.78, 5) is 0. The Labute approximate surface area is 48.3 Å². The molecule has 3 atom stereocenters. The van der Waals surface area contributed by atoms with E-state index in [4.69, 9.17) is 0 Å². The molecule has 2 aliphatic rings. The molecular formula is C6H10FN. The molecule has 1 aliphatic carbocycles. The van der Waals surface area contributed by atoms with Gasteiger partial charge in [-0.05, 0) is 18.9 Å². The second-order valence-electron chi connectivity index (χ2n) is 2.76. The Kier molecular flexibility index (Phi) is 0.852. The second kappa shape index (κ2) is 1.44. The van der Waals surface area contributed by atoms with Crippen LogP contribution >= 0.6 is 0 Å². The summed E-state index contributed by atoms with van der Waals surface area (Å²) in [5.74, 6) is 0.833. The van der Waals surface area contributed by atoms with Gasteiger partial charge in [-0.25, -0.2) is 4.39 Å². The third-order valence-corrected chi connectivity index (χ3v) is 2.26. The summed E-state index contributed by atoms with van der Waals surface area (Å²) in [6.45, 7) is 1.95. The summed E-state index contributed by atoms with van der Waals surface area (Å²) in [6.07, 6.45) is 0.608. The van der Waals surface area contributed by atoms with Crippen LogP contribution in [0.1, 0.15) is 6.42 Å². The first-order valence-corrected chi connectivity index (χ1v) is 3.24. The molecule has 0 radical (unpaired) electrons. The van der Waals surface area contributed by atoms with E-state index in [1.54, 1.807) is 0 Å². The molecule has 0 amide bonds. The Morgan fingerprint density at radius 2 is 2.25 bits per heavy atom. The van der Waals surface area contributed by atoms with Gasteiger partial charge in [-0.2, -0.15) is 0 Å². The highest BCUT2D eigenvalue weighted by atomic mass is 19.1. The summed E-state index contributed by atoms with van der Waals surface area (Å²) in [5, 5.41) is 3.17. The zero-order valence-corrected chi connectivity index (χ0v) is 4.73. The first kappa shape index (κ1) is 4.74. The summed E-state index contributed by atoms with van der Waals surface area (Å²) >= 11 is 0. The number of piperidine rings is 1. The third-order valence-electron chi connectivity index (χ3n) is 2.26. The fraction of sp³-hybridized carbons (Fsp3) is 1.00. The molecule has 2 heteroatoms. The largest absolute Gasteiger partial charge is 0.316 e. The minimum absolute atomic E-state index is 0.392. The Morgan fingerprint density at radius 1 is 1.38 bits per heavy atom. The Balaban J connectivity index is 1.97. The molecule has 2 rings (SSSR count). The van der Waals surface area contributed by atoms with Crippen LogP contribution in [0.2, 0.25) is 0 Å². The van der Waals surface area contributed by atoms with E-state index < -0.39 is 6.17 Å². The van der Waals surface area contributed by atoms with E-state index in [0.29, 0.717) is 11.8 Å².